The Balaban J connectivity index is 1.97. The van der Waals surface area contributed by atoms with Crippen molar-refractivity contribution in [2.75, 3.05) is 11.5 Å². The second-order valence-electron chi connectivity index (χ2n) is 5.34. The largest absolute Gasteiger partial charge is 0.405 e. The van der Waals surface area contributed by atoms with Gasteiger partial charge < -0.3 is 11.1 Å². The number of hydrogen-bond donors (Lipinski definition) is 2. The molecule has 2 nitrogen and oxygen atoms in total. The van der Waals surface area contributed by atoms with Crippen LogP contribution in [-0.4, -0.2) is 23.6 Å². The molecular formula is C14H19BrN2S. The number of nitrogens with one attached hydrogen (secondary N) is 1. The summed E-state index contributed by atoms with van der Waals surface area (Å²) in [5.74, 6) is 3.14. The number of nitrogens with two attached hydrogens (primary N) is 1. The minimum Gasteiger partial charge on any atom is -0.405 e. The van der Waals surface area contributed by atoms with Crippen molar-refractivity contribution < 1.29 is 0 Å². The predicted octanol–water partition coefficient (Wildman–Crippen LogP) is 2.78. The lowest BCUT2D eigenvalue weighted by atomic mass is 9.66. The molecule has 0 bridgehead atoms. The highest BCUT2D eigenvalue weighted by Crippen LogP contribution is 2.52. The fourth-order valence-corrected chi connectivity index (χ4v) is 5.35. The smallest absolute Gasteiger partial charge is 0.0335 e. The molecule has 1 aliphatic carbocycles. The molecule has 0 radical (unpaired) electrons. The molecule has 2 aliphatic heterocycles. The van der Waals surface area contributed by atoms with Crippen molar-refractivity contribution in [2.24, 2.45) is 17.1 Å². The van der Waals surface area contributed by atoms with Gasteiger partial charge in [0, 0.05) is 22.5 Å². The van der Waals surface area contributed by atoms with Crippen LogP contribution in [0.15, 0.2) is 35.0 Å². The highest BCUT2D eigenvalue weighted by molar-refractivity contribution is 9.11. The van der Waals surface area contributed by atoms with E-state index in [0.29, 0.717) is 23.4 Å². The molecule has 0 aromatic carbocycles. The zero-order valence-corrected chi connectivity index (χ0v) is 12.7. The van der Waals surface area contributed by atoms with Gasteiger partial charge in [0.15, 0.2) is 0 Å². The summed E-state index contributed by atoms with van der Waals surface area (Å²) >= 11 is 5.71. The van der Waals surface area contributed by atoms with Crippen LogP contribution in [0.1, 0.15) is 12.8 Å². The molecule has 4 heteroatoms. The Kier molecular flexibility index (Phi) is 3.61. The lowest BCUT2D eigenvalue weighted by Crippen LogP contribution is -2.41. The molecule has 0 saturated carbocycles. The Morgan fingerprint density at radius 1 is 1.44 bits per heavy atom. The van der Waals surface area contributed by atoms with E-state index in [9.17, 15) is 0 Å². The van der Waals surface area contributed by atoms with Gasteiger partial charge in [0.25, 0.3) is 0 Å². The average Bonchev–Trinajstić information content (AvgIpc) is 2.66. The van der Waals surface area contributed by atoms with Crippen molar-refractivity contribution in [3.63, 3.8) is 0 Å². The van der Waals surface area contributed by atoms with Crippen molar-refractivity contribution in [1.29, 1.82) is 0 Å². The number of allylic oxidation sites excluding steroid dienone is 2. The number of hydrogen-bond acceptors (Lipinski definition) is 3. The van der Waals surface area contributed by atoms with Crippen LogP contribution in [-0.2, 0) is 0 Å². The quantitative estimate of drug-likeness (QED) is 0.778. The summed E-state index contributed by atoms with van der Waals surface area (Å²) in [7, 11) is 0. The maximum Gasteiger partial charge on any atom is 0.0335 e. The van der Waals surface area contributed by atoms with Gasteiger partial charge in [-0.1, -0.05) is 40.2 Å². The fraction of sp³-hybridized carbons (Fsp3) is 0.571. The SMILES string of the molecule is NC=CC1NC2C=CC(Br)=CC2C12CCSCC2. The summed E-state index contributed by atoms with van der Waals surface area (Å²) in [6, 6.07) is 0.883. The zero-order chi connectivity index (χ0) is 12.6. The number of rotatable bonds is 1. The third-order valence-corrected chi connectivity index (χ3v) is 6.09. The molecule has 0 aromatic rings. The summed E-state index contributed by atoms with van der Waals surface area (Å²) in [6.07, 6.45) is 13.3. The lowest BCUT2D eigenvalue weighted by Gasteiger charge is -2.41. The van der Waals surface area contributed by atoms with E-state index < -0.39 is 0 Å². The second kappa shape index (κ2) is 5.06. The number of thioether (sulfide) groups is 1. The van der Waals surface area contributed by atoms with Gasteiger partial charge in [0.2, 0.25) is 0 Å². The van der Waals surface area contributed by atoms with E-state index in [4.69, 9.17) is 5.73 Å². The normalized spacial score (nSPS) is 38.1. The third kappa shape index (κ3) is 1.98. The van der Waals surface area contributed by atoms with Gasteiger partial charge in [0.1, 0.15) is 0 Å². The first-order chi connectivity index (χ1) is 8.76. The Morgan fingerprint density at radius 2 is 2.22 bits per heavy atom. The fourth-order valence-electron chi connectivity index (χ4n) is 3.66. The molecular weight excluding hydrogens is 308 g/mol. The van der Waals surface area contributed by atoms with Crippen molar-refractivity contribution in [3.05, 3.63) is 35.0 Å². The number of halogens is 1. The molecule has 3 atom stereocenters. The summed E-state index contributed by atoms with van der Waals surface area (Å²) in [5.41, 5.74) is 6.00. The zero-order valence-electron chi connectivity index (χ0n) is 10.3. The maximum absolute atomic E-state index is 5.65. The molecule has 3 unspecified atom stereocenters. The standard InChI is InChI=1S/C14H19BrN2S/c15-10-1-2-12-11(9-10)14(4-7-18-8-5-14)13(17-12)3-6-16/h1-3,6,9,11-13,17H,4-5,7-8,16H2. The molecule has 18 heavy (non-hydrogen) atoms. The van der Waals surface area contributed by atoms with Crippen LogP contribution in [0.4, 0.5) is 0 Å². The van der Waals surface area contributed by atoms with Crippen molar-refractivity contribution in [1.82, 2.24) is 5.32 Å². The van der Waals surface area contributed by atoms with E-state index >= 15 is 0 Å². The minimum absolute atomic E-state index is 0.357. The minimum atomic E-state index is 0.357. The summed E-state index contributed by atoms with van der Waals surface area (Å²) < 4.78 is 1.22. The highest BCUT2D eigenvalue weighted by atomic mass is 79.9. The maximum atomic E-state index is 5.65. The van der Waals surface area contributed by atoms with Crippen LogP contribution in [0, 0.1) is 11.3 Å². The molecule has 0 amide bonds. The molecule has 2 fully saturated rings. The van der Waals surface area contributed by atoms with Crippen LogP contribution in [0.25, 0.3) is 0 Å². The van der Waals surface area contributed by atoms with Crippen molar-refractivity contribution in [2.45, 2.75) is 24.9 Å². The van der Waals surface area contributed by atoms with Crippen LogP contribution in [0.3, 0.4) is 0 Å². The lowest BCUT2D eigenvalue weighted by molar-refractivity contribution is 0.202. The first-order valence-electron chi connectivity index (χ1n) is 6.54. The van der Waals surface area contributed by atoms with E-state index in [0.717, 1.165) is 0 Å². The van der Waals surface area contributed by atoms with Gasteiger partial charge >= 0.3 is 0 Å². The van der Waals surface area contributed by atoms with Crippen molar-refractivity contribution >= 4 is 27.7 Å². The molecule has 2 heterocycles. The Bertz CT molecular complexity index is 410. The van der Waals surface area contributed by atoms with E-state index in [2.05, 4.69) is 57.3 Å². The molecule has 3 rings (SSSR count). The van der Waals surface area contributed by atoms with E-state index in [1.165, 1.54) is 28.8 Å². The Hall–Kier alpha value is -0.190. The molecule has 2 saturated heterocycles. The van der Waals surface area contributed by atoms with Crippen LogP contribution in [0.5, 0.6) is 0 Å². The van der Waals surface area contributed by atoms with Gasteiger partial charge in [-0.3, -0.25) is 0 Å². The Morgan fingerprint density at radius 3 is 2.94 bits per heavy atom. The van der Waals surface area contributed by atoms with Gasteiger partial charge in [-0.2, -0.15) is 11.8 Å². The van der Waals surface area contributed by atoms with Crippen molar-refractivity contribution in [3.8, 4) is 0 Å². The van der Waals surface area contributed by atoms with E-state index in [-0.39, 0.29) is 0 Å². The molecule has 1 spiro atoms. The topological polar surface area (TPSA) is 38.0 Å². The van der Waals surface area contributed by atoms with Gasteiger partial charge in [-0.05, 0) is 36.0 Å². The number of fused-ring (bicyclic) bond motifs is 2. The van der Waals surface area contributed by atoms with Crippen LogP contribution in [0.2, 0.25) is 0 Å². The third-order valence-electron chi connectivity index (χ3n) is 4.57. The van der Waals surface area contributed by atoms with E-state index in [1.54, 1.807) is 6.20 Å². The van der Waals surface area contributed by atoms with Gasteiger partial charge in [0.05, 0.1) is 0 Å². The Labute approximate surface area is 121 Å². The highest BCUT2D eigenvalue weighted by Gasteiger charge is 2.52. The van der Waals surface area contributed by atoms with Crippen LogP contribution >= 0.6 is 27.7 Å². The first kappa shape index (κ1) is 12.8. The van der Waals surface area contributed by atoms with Gasteiger partial charge in [-0.15, -0.1) is 0 Å². The monoisotopic (exact) mass is 326 g/mol. The summed E-state index contributed by atoms with van der Waals surface area (Å²) in [4.78, 5) is 0. The summed E-state index contributed by atoms with van der Waals surface area (Å²) in [5, 5.41) is 3.75. The van der Waals surface area contributed by atoms with E-state index in [1.807, 2.05) is 0 Å². The molecule has 3 aliphatic rings. The van der Waals surface area contributed by atoms with Crippen LogP contribution < -0.4 is 11.1 Å². The predicted molar refractivity (Wildman–Crippen MR) is 82.7 cm³/mol. The average molecular weight is 327 g/mol. The summed E-state index contributed by atoms with van der Waals surface area (Å²) in [6.45, 7) is 0. The first-order valence-corrected chi connectivity index (χ1v) is 8.49. The molecule has 98 valence electrons. The molecule has 0 aromatic heterocycles. The second-order valence-corrected chi connectivity index (χ2v) is 7.48. The molecule has 3 N–H and O–H groups in total. The van der Waals surface area contributed by atoms with Gasteiger partial charge in [-0.25, -0.2) is 0 Å².